The summed E-state index contributed by atoms with van der Waals surface area (Å²) in [7, 11) is -9.66. The minimum absolute atomic E-state index is 0.0305. The summed E-state index contributed by atoms with van der Waals surface area (Å²) in [5, 5.41) is 2.75. The largest absolute Gasteiger partial charge is 0.378 e. The van der Waals surface area contributed by atoms with E-state index in [0.717, 1.165) is 11.6 Å². The van der Waals surface area contributed by atoms with Gasteiger partial charge in [-0.25, -0.2) is 0 Å². The van der Waals surface area contributed by atoms with E-state index in [-0.39, 0.29) is 11.7 Å². The molecule has 0 saturated carbocycles. The second-order valence-electron chi connectivity index (χ2n) is 4.65. The van der Waals surface area contributed by atoms with Gasteiger partial charge in [0.25, 0.3) is 0 Å². The van der Waals surface area contributed by atoms with Gasteiger partial charge in [-0.05, 0) is 36.8 Å². The van der Waals surface area contributed by atoms with E-state index in [2.05, 4.69) is 10.3 Å². The van der Waals surface area contributed by atoms with Crippen molar-refractivity contribution in [1.29, 1.82) is 0 Å². The monoisotopic (exact) mass is 324 g/mol. The molecule has 1 aromatic carbocycles. The van der Waals surface area contributed by atoms with Crippen LogP contribution >= 0.6 is 10.2 Å². The molecule has 0 bridgehead atoms. The fourth-order valence-corrected chi connectivity index (χ4v) is 2.48. The van der Waals surface area contributed by atoms with E-state index < -0.39 is 15.1 Å². The number of rotatable bonds is 4. The van der Waals surface area contributed by atoms with Crippen molar-refractivity contribution in [1.82, 2.24) is 4.98 Å². The van der Waals surface area contributed by atoms with Crippen molar-refractivity contribution in [2.24, 2.45) is 0 Å². The third kappa shape index (κ3) is 4.07. The quantitative estimate of drug-likeness (QED) is 0.707. The predicted octanol–water partition coefficient (Wildman–Crippen LogP) is 5.91. The van der Waals surface area contributed by atoms with Crippen LogP contribution < -0.4 is 5.32 Å². The van der Waals surface area contributed by atoms with E-state index in [4.69, 9.17) is 0 Å². The van der Waals surface area contributed by atoms with Crippen molar-refractivity contribution in [3.05, 3.63) is 54.4 Å². The zero-order valence-corrected chi connectivity index (χ0v) is 11.8. The lowest BCUT2D eigenvalue weighted by Crippen LogP contribution is -2.09. The molecule has 0 aliphatic rings. The molecule has 0 radical (unpaired) electrons. The standard InChI is InChI=1S/C13H13F5N2S/c1-10(11-4-3-7-19-9-11)20-12-5-2-6-13(8-12)21(14,15,16,17)18/h2-10,20H,1H3/t10-/m1/s1. The molecular formula is C13H13F5N2S. The molecule has 1 atom stereocenters. The Morgan fingerprint density at radius 1 is 1.05 bits per heavy atom. The summed E-state index contributed by atoms with van der Waals surface area (Å²) in [5.74, 6) is 0. The Morgan fingerprint density at radius 2 is 1.76 bits per heavy atom. The first-order valence-electron chi connectivity index (χ1n) is 5.96. The fourth-order valence-electron chi connectivity index (χ4n) is 1.79. The normalized spacial score (nSPS) is 16.7. The lowest BCUT2D eigenvalue weighted by molar-refractivity contribution is 0.364. The smallest absolute Gasteiger partial charge is 0.310 e. The Balaban J connectivity index is 2.28. The maximum atomic E-state index is 12.8. The zero-order valence-electron chi connectivity index (χ0n) is 10.9. The third-order valence-corrected chi connectivity index (χ3v) is 3.99. The summed E-state index contributed by atoms with van der Waals surface area (Å²) in [6, 6.07) is 6.10. The minimum Gasteiger partial charge on any atom is -0.378 e. The molecule has 0 amide bonds. The summed E-state index contributed by atoms with van der Waals surface area (Å²) in [4.78, 5) is 1.99. The summed E-state index contributed by atoms with van der Waals surface area (Å²) in [6.45, 7) is 1.70. The van der Waals surface area contributed by atoms with E-state index in [1.807, 2.05) is 0 Å². The number of nitrogens with zero attached hydrogens (tertiary/aromatic N) is 1. The van der Waals surface area contributed by atoms with E-state index in [1.165, 1.54) is 6.07 Å². The van der Waals surface area contributed by atoms with Crippen LogP contribution in [-0.4, -0.2) is 4.98 Å². The maximum Gasteiger partial charge on any atom is 0.310 e. The van der Waals surface area contributed by atoms with Crippen LogP contribution in [0.5, 0.6) is 0 Å². The lowest BCUT2D eigenvalue weighted by Gasteiger charge is -2.40. The molecule has 0 spiro atoms. The molecule has 1 heterocycles. The van der Waals surface area contributed by atoms with Crippen LogP contribution in [0.3, 0.4) is 0 Å². The first kappa shape index (κ1) is 15.6. The van der Waals surface area contributed by atoms with Gasteiger partial charge < -0.3 is 5.32 Å². The summed E-state index contributed by atoms with van der Waals surface area (Å²) in [5.41, 5.74) is 0.701. The number of halogens is 5. The van der Waals surface area contributed by atoms with Crippen molar-refractivity contribution in [3.63, 3.8) is 0 Å². The van der Waals surface area contributed by atoms with Crippen LogP contribution in [0.15, 0.2) is 53.7 Å². The number of hydrogen-bond acceptors (Lipinski definition) is 2. The zero-order chi connectivity index (χ0) is 15.8. The molecule has 21 heavy (non-hydrogen) atoms. The summed E-state index contributed by atoms with van der Waals surface area (Å²) in [6.07, 6.45) is 3.11. The van der Waals surface area contributed by atoms with Gasteiger partial charge >= 0.3 is 10.2 Å². The highest BCUT2D eigenvalue weighted by Gasteiger charge is 2.65. The second-order valence-corrected chi connectivity index (χ2v) is 7.06. The van der Waals surface area contributed by atoms with Gasteiger partial charge in [0, 0.05) is 18.1 Å². The van der Waals surface area contributed by atoms with E-state index in [0.29, 0.717) is 12.1 Å². The van der Waals surface area contributed by atoms with Crippen LogP contribution in [0, 0.1) is 0 Å². The average molecular weight is 324 g/mol. The molecule has 116 valence electrons. The number of nitrogens with one attached hydrogen (secondary N) is 1. The third-order valence-electron chi connectivity index (χ3n) is 2.85. The molecule has 1 N–H and O–H groups in total. The first-order valence-corrected chi connectivity index (χ1v) is 7.91. The van der Waals surface area contributed by atoms with Crippen LogP contribution in [-0.2, 0) is 0 Å². The lowest BCUT2D eigenvalue weighted by atomic mass is 10.1. The minimum atomic E-state index is -9.66. The van der Waals surface area contributed by atoms with Crippen molar-refractivity contribution in [2.75, 3.05) is 5.32 Å². The van der Waals surface area contributed by atoms with E-state index >= 15 is 0 Å². The molecule has 1 aromatic heterocycles. The Bertz CT molecular complexity index is 642. The number of anilines is 1. The van der Waals surface area contributed by atoms with Crippen molar-refractivity contribution in [2.45, 2.75) is 17.9 Å². The van der Waals surface area contributed by atoms with E-state index in [9.17, 15) is 19.4 Å². The SMILES string of the molecule is C[C@@H](Nc1cccc(S(F)(F)(F)(F)F)c1)c1cccnc1. The molecule has 0 aliphatic carbocycles. The molecular weight excluding hydrogens is 311 g/mol. The number of benzene rings is 1. The van der Waals surface area contributed by atoms with Gasteiger partial charge in [-0.2, -0.15) is 0 Å². The summed E-state index contributed by atoms with van der Waals surface area (Å²) < 4.78 is 63.8. The fraction of sp³-hybridized carbons (Fsp3) is 0.154. The van der Waals surface area contributed by atoms with Gasteiger partial charge in [0.2, 0.25) is 0 Å². The number of pyridine rings is 1. The van der Waals surface area contributed by atoms with E-state index in [1.54, 1.807) is 31.5 Å². The molecule has 2 rings (SSSR count). The van der Waals surface area contributed by atoms with Gasteiger partial charge in [-0.15, -0.1) is 0 Å². The average Bonchev–Trinajstić information content (AvgIpc) is 2.37. The van der Waals surface area contributed by atoms with Crippen LogP contribution in [0.1, 0.15) is 18.5 Å². The Morgan fingerprint density at radius 3 is 2.33 bits per heavy atom. The van der Waals surface area contributed by atoms with Crippen LogP contribution in [0.4, 0.5) is 25.1 Å². The van der Waals surface area contributed by atoms with Crippen LogP contribution in [0.25, 0.3) is 0 Å². The predicted molar refractivity (Wildman–Crippen MR) is 74.1 cm³/mol. The molecule has 8 heteroatoms. The molecule has 0 aliphatic heterocycles. The maximum absolute atomic E-state index is 12.8. The van der Waals surface area contributed by atoms with Crippen molar-refractivity contribution in [3.8, 4) is 0 Å². The number of hydrogen-bond donors (Lipinski definition) is 1. The van der Waals surface area contributed by atoms with Gasteiger partial charge in [-0.1, -0.05) is 31.6 Å². The Kier molecular flexibility index (Phi) is 3.21. The molecule has 0 saturated heterocycles. The van der Waals surface area contributed by atoms with Gasteiger partial charge in [0.15, 0.2) is 0 Å². The van der Waals surface area contributed by atoms with Gasteiger partial charge in [0.05, 0.1) is 6.04 Å². The Hall–Kier alpha value is -1.83. The number of aromatic nitrogens is 1. The second kappa shape index (κ2) is 4.33. The van der Waals surface area contributed by atoms with Gasteiger partial charge in [0.1, 0.15) is 4.90 Å². The molecule has 2 aromatic rings. The van der Waals surface area contributed by atoms with Gasteiger partial charge in [-0.3, -0.25) is 4.98 Å². The highest BCUT2D eigenvalue weighted by atomic mass is 32.5. The summed E-state index contributed by atoms with van der Waals surface area (Å²) >= 11 is 0. The highest BCUT2D eigenvalue weighted by Crippen LogP contribution is 3.02. The first-order chi connectivity index (χ1) is 9.45. The van der Waals surface area contributed by atoms with Crippen molar-refractivity contribution >= 4 is 15.9 Å². The Labute approximate surface area is 118 Å². The highest BCUT2D eigenvalue weighted by molar-refractivity contribution is 8.45. The molecule has 0 fully saturated rings. The van der Waals surface area contributed by atoms with Crippen LogP contribution in [0.2, 0.25) is 0 Å². The molecule has 0 unspecified atom stereocenters. The topological polar surface area (TPSA) is 24.9 Å². The van der Waals surface area contributed by atoms with Crippen molar-refractivity contribution < 1.29 is 19.4 Å². The molecule has 2 nitrogen and oxygen atoms in total.